The molecule has 5 nitrogen and oxygen atoms in total. The molecule has 0 spiro atoms. The first-order chi connectivity index (χ1) is 17.3. The summed E-state index contributed by atoms with van der Waals surface area (Å²) >= 11 is 0. The second kappa shape index (κ2) is 8.83. The summed E-state index contributed by atoms with van der Waals surface area (Å²) in [6, 6.07) is 31.9. The molecule has 0 aliphatic rings. The Morgan fingerprint density at radius 3 is 2.23 bits per heavy atom. The van der Waals surface area contributed by atoms with Crippen LogP contribution in [0.4, 0.5) is 15.9 Å². The summed E-state index contributed by atoms with van der Waals surface area (Å²) in [5.74, 6) is 0.730. The van der Waals surface area contributed by atoms with Crippen molar-refractivity contribution < 1.29 is 9.13 Å². The maximum absolute atomic E-state index is 15.0. The van der Waals surface area contributed by atoms with Gasteiger partial charge in [-0.1, -0.05) is 66.7 Å². The van der Waals surface area contributed by atoms with E-state index in [9.17, 15) is 0 Å². The zero-order chi connectivity index (χ0) is 23.6. The van der Waals surface area contributed by atoms with E-state index in [0.717, 1.165) is 32.9 Å². The number of ether oxygens (including phenoxy) is 1. The number of anilines is 2. The zero-order valence-electron chi connectivity index (χ0n) is 18.5. The van der Waals surface area contributed by atoms with Gasteiger partial charge < -0.3 is 10.1 Å². The van der Waals surface area contributed by atoms with Crippen molar-refractivity contribution in [2.75, 3.05) is 5.32 Å². The van der Waals surface area contributed by atoms with Crippen molar-refractivity contribution in [3.05, 3.63) is 115 Å². The van der Waals surface area contributed by atoms with E-state index < -0.39 is 5.82 Å². The van der Waals surface area contributed by atoms with E-state index in [0.29, 0.717) is 17.3 Å². The fraction of sp³-hybridized carbons (Fsp3) is 0. The number of aromatic nitrogens is 3. The minimum absolute atomic E-state index is 0.127. The van der Waals surface area contributed by atoms with Gasteiger partial charge in [0.25, 0.3) is 0 Å². The Balaban J connectivity index is 1.31. The number of nitrogens with one attached hydrogen (secondary N) is 1. The lowest BCUT2D eigenvalue weighted by molar-refractivity contribution is 0.446. The quantitative estimate of drug-likeness (QED) is 0.289. The molecule has 6 aromatic rings. The standard InChI is InChI=1S/C29H19FN4O/c30-24-18-20(14-15-27(24)35-26-16-17-31-25-13-7-6-12-23(25)26)32-29-22-11-5-4-10-21(22)28(33-34-29)19-8-2-1-3-9-19/h1-18H,(H,32,34). The minimum atomic E-state index is -0.492. The molecule has 0 atom stereocenters. The maximum atomic E-state index is 15.0. The third-order valence-electron chi connectivity index (χ3n) is 5.76. The molecule has 6 heteroatoms. The Kier molecular flexibility index (Phi) is 5.24. The molecule has 0 amide bonds. The molecule has 6 rings (SSSR count). The van der Waals surface area contributed by atoms with Crippen molar-refractivity contribution in [1.29, 1.82) is 0 Å². The lowest BCUT2D eigenvalue weighted by Crippen LogP contribution is -2.00. The predicted octanol–water partition coefficient (Wildman–Crippen LogP) is 7.52. The number of para-hydroxylation sites is 1. The van der Waals surface area contributed by atoms with Crippen molar-refractivity contribution >= 4 is 33.2 Å². The van der Waals surface area contributed by atoms with E-state index in [-0.39, 0.29) is 5.75 Å². The molecule has 2 heterocycles. The number of rotatable bonds is 5. The van der Waals surface area contributed by atoms with Crippen LogP contribution in [0.5, 0.6) is 11.5 Å². The van der Waals surface area contributed by atoms with E-state index in [2.05, 4.69) is 20.5 Å². The maximum Gasteiger partial charge on any atom is 0.167 e. The molecule has 35 heavy (non-hydrogen) atoms. The molecule has 0 aliphatic heterocycles. The molecule has 4 aromatic carbocycles. The number of fused-ring (bicyclic) bond motifs is 2. The lowest BCUT2D eigenvalue weighted by Gasteiger charge is -2.13. The van der Waals surface area contributed by atoms with Crippen LogP contribution in [0.25, 0.3) is 32.9 Å². The number of hydrogen-bond donors (Lipinski definition) is 1. The number of nitrogens with zero attached hydrogens (tertiary/aromatic N) is 3. The largest absolute Gasteiger partial charge is 0.454 e. The molecular formula is C29H19FN4O. The molecule has 0 aliphatic carbocycles. The predicted molar refractivity (Wildman–Crippen MR) is 136 cm³/mol. The summed E-state index contributed by atoms with van der Waals surface area (Å²) in [6.07, 6.45) is 1.65. The monoisotopic (exact) mass is 458 g/mol. The minimum Gasteiger partial charge on any atom is -0.454 e. The SMILES string of the molecule is Fc1cc(Nc2nnc(-c3ccccc3)c3ccccc23)ccc1Oc1ccnc2ccccc12. The second-order valence-corrected chi connectivity index (χ2v) is 8.01. The van der Waals surface area contributed by atoms with Gasteiger partial charge in [-0.3, -0.25) is 4.98 Å². The van der Waals surface area contributed by atoms with Gasteiger partial charge in [0.05, 0.1) is 5.52 Å². The van der Waals surface area contributed by atoms with Gasteiger partial charge in [-0.15, -0.1) is 10.2 Å². The van der Waals surface area contributed by atoms with Gasteiger partial charge in [0.1, 0.15) is 11.4 Å². The summed E-state index contributed by atoms with van der Waals surface area (Å²) in [6.45, 7) is 0. The van der Waals surface area contributed by atoms with Gasteiger partial charge >= 0.3 is 0 Å². The first-order valence-electron chi connectivity index (χ1n) is 11.2. The van der Waals surface area contributed by atoms with Gasteiger partial charge in [-0.05, 0) is 30.3 Å². The van der Waals surface area contributed by atoms with Crippen LogP contribution in [0.15, 0.2) is 109 Å². The van der Waals surface area contributed by atoms with E-state index in [1.807, 2.05) is 78.9 Å². The number of benzene rings is 4. The Labute approximate surface area is 200 Å². The van der Waals surface area contributed by atoms with Crippen molar-refractivity contribution in [2.45, 2.75) is 0 Å². The van der Waals surface area contributed by atoms with Crippen LogP contribution in [0.1, 0.15) is 0 Å². The van der Waals surface area contributed by atoms with Gasteiger partial charge in [-0.2, -0.15) is 0 Å². The molecule has 1 N–H and O–H groups in total. The van der Waals surface area contributed by atoms with Crippen LogP contribution >= 0.6 is 0 Å². The molecule has 0 radical (unpaired) electrons. The summed E-state index contributed by atoms with van der Waals surface area (Å²) in [7, 11) is 0. The zero-order valence-corrected chi connectivity index (χ0v) is 18.5. The van der Waals surface area contributed by atoms with E-state index in [4.69, 9.17) is 4.74 Å². The van der Waals surface area contributed by atoms with Crippen molar-refractivity contribution in [3.63, 3.8) is 0 Å². The first kappa shape index (κ1) is 20.7. The van der Waals surface area contributed by atoms with Crippen LogP contribution in [-0.2, 0) is 0 Å². The molecule has 0 saturated carbocycles. The molecule has 0 saturated heterocycles. The second-order valence-electron chi connectivity index (χ2n) is 8.01. The molecule has 168 valence electrons. The molecule has 0 unspecified atom stereocenters. The third kappa shape index (κ3) is 4.02. The highest BCUT2D eigenvalue weighted by Crippen LogP contribution is 2.34. The van der Waals surface area contributed by atoms with Crippen LogP contribution < -0.4 is 10.1 Å². The number of hydrogen-bond acceptors (Lipinski definition) is 5. The summed E-state index contributed by atoms with van der Waals surface area (Å²) in [5.41, 5.74) is 3.11. The Morgan fingerprint density at radius 1 is 0.657 bits per heavy atom. The van der Waals surface area contributed by atoms with Crippen molar-refractivity contribution in [1.82, 2.24) is 15.2 Å². The summed E-state index contributed by atoms with van der Waals surface area (Å²) in [5, 5.41) is 14.7. The van der Waals surface area contributed by atoms with Gasteiger partial charge in [-0.25, -0.2) is 4.39 Å². The number of halogens is 1. The van der Waals surface area contributed by atoms with Crippen LogP contribution in [0.2, 0.25) is 0 Å². The Bertz CT molecular complexity index is 1670. The van der Waals surface area contributed by atoms with E-state index >= 15 is 4.39 Å². The fourth-order valence-corrected chi connectivity index (χ4v) is 4.08. The highest BCUT2D eigenvalue weighted by molar-refractivity contribution is 6.00. The average molecular weight is 458 g/mol. The lowest BCUT2D eigenvalue weighted by atomic mass is 10.0. The van der Waals surface area contributed by atoms with Crippen LogP contribution in [0, 0.1) is 5.82 Å². The summed E-state index contributed by atoms with van der Waals surface area (Å²) in [4.78, 5) is 4.32. The fourth-order valence-electron chi connectivity index (χ4n) is 4.08. The van der Waals surface area contributed by atoms with Crippen molar-refractivity contribution in [2.24, 2.45) is 0 Å². The van der Waals surface area contributed by atoms with Crippen LogP contribution in [0.3, 0.4) is 0 Å². The third-order valence-corrected chi connectivity index (χ3v) is 5.76. The van der Waals surface area contributed by atoms with Crippen molar-refractivity contribution in [3.8, 4) is 22.8 Å². The number of pyridine rings is 1. The normalized spacial score (nSPS) is 11.0. The highest BCUT2D eigenvalue weighted by atomic mass is 19.1. The van der Waals surface area contributed by atoms with Gasteiger partial charge in [0.15, 0.2) is 17.4 Å². The van der Waals surface area contributed by atoms with Gasteiger partial charge in [0.2, 0.25) is 0 Å². The van der Waals surface area contributed by atoms with Gasteiger partial charge in [0, 0.05) is 39.7 Å². The highest BCUT2D eigenvalue weighted by Gasteiger charge is 2.13. The average Bonchev–Trinajstić information content (AvgIpc) is 2.91. The molecule has 0 fully saturated rings. The summed E-state index contributed by atoms with van der Waals surface area (Å²) < 4.78 is 20.9. The van der Waals surface area contributed by atoms with E-state index in [1.54, 1.807) is 24.4 Å². The first-order valence-corrected chi connectivity index (χ1v) is 11.2. The Morgan fingerprint density at radius 2 is 1.40 bits per heavy atom. The van der Waals surface area contributed by atoms with E-state index in [1.165, 1.54) is 6.07 Å². The molecular weight excluding hydrogens is 439 g/mol. The topological polar surface area (TPSA) is 59.9 Å². The molecule has 2 aromatic heterocycles. The van der Waals surface area contributed by atoms with Crippen LogP contribution in [-0.4, -0.2) is 15.2 Å². The molecule has 0 bridgehead atoms. The smallest absolute Gasteiger partial charge is 0.167 e. The Hall–Kier alpha value is -4.84.